The molecule has 2 rings (SSSR count). The highest BCUT2D eigenvalue weighted by Gasteiger charge is 2.43. The average molecular weight is 285 g/mol. The molecule has 1 saturated carbocycles. The molecule has 116 valence electrons. The highest BCUT2D eigenvalue weighted by Crippen LogP contribution is 2.36. The molecule has 5 atom stereocenters. The van der Waals surface area contributed by atoms with Gasteiger partial charge in [0.2, 0.25) is 0 Å². The van der Waals surface area contributed by atoms with Crippen molar-refractivity contribution in [3.05, 3.63) is 0 Å². The molecule has 0 spiro atoms. The van der Waals surface area contributed by atoms with Gasteiger partial charge in [0.1, 0.15) is 0 Å². The minimum absolute atomic E-state index is 0.0523. The monoisotopic (exact) mass is 285 g/mol. The third kappa shape index (κ3) is 3.15. The number of ether oxygens (including phenoxy) is 2. The van der Waals surface area contributed by atoms with Gasteiger partial charge in [-0.2, -0.15) is 0 Å². The Hall–Kier alpha value is -0.650. The third-order valence-electron chi connectivity index (χ3n) is 5.14. The quantitative estimate of drug-likeness (QED) is 0.831. The lowest BCUT2D eigenvalue weighted by atomic mass is 9.76. The van der Waals surface area contributed by atoms with Crippen molar-refractivity contribution in [2.75, 3.05) is 27.3 Å². The largest absolute Gasteiger partial charge is 0.481 e. The second kappa shape index (κ2) is 6.87. The normalized spacial score (nSPS) is 39.0. The Labute approximate surface area is 121 Å². The molecule has 0 aromatic heterocycles. The van der Waals surface area contributed by atoms with Crippen LogP contribution in [0.3, 0.4) is 0 Å². The number of hydrogen-bond acceptors (Lipinski definition) is 4. The van der Waals surface area contributed by atoms with Gasteiger partial charge >= 0.3 is 5.97 Å². The molecular weight excluding hydrogens is 258 g/mol. The molecule has 20 heavy (non-hydrogen) atoms. The Morgan fingerprint density at radius 1 is 1.20 bits per heavy atom. The van der Waals surface area contributed by atoms with Gasteiger partial charge in [-0.1, -0.05) is 13.3 Å². The first-order chi connectivity index (χ1) is 9.60. The molecule has 1 N–H and O–H groups in total. The zero-order valence-corrected chi connectivity index (χ0v) is 12.7. The Kier molecular flexibility index (Phi) is 5.41. The first kappa shape index (κ1) is 15.7. The average Bonchev–Trinajstić information content (AvgIpc) is 2.89. The van der Waals surface area contributed by atoms with Gasteiger partial charge in [0.05, 0.1) is 18.1 Å². The summed E-state index contributed by atoms with van der Waals surface area (Å²) in [5.41, 5.74) is 0. The molecule has 5 nitrogen and oxygen atoms in total. The second-order valence-corrected chi connectivity index (χ2v) is 6.10. The molecule has 1 aliphatic carbocycles. The summed E-state index contributed by atoms with van der Waals surface area (Å²) in [7, 11) is 3.40. The van der Waals surface area contributed by atoms with Crippen LogP contribution in [-0.2, 0) is 14.3 Å². The van der Waals surface area contributed by atoms with E-state index in [1.807, 2.05) is 0 Å². The van der Waals surface area contributed by atoms with Gasteiger partial charge in [-0.3, -0.25) is 9.69 Å². The van der Waals surface area contributed by atoms with Crippen LogP contribution in [0.1, 0.15) is 32.6 Å². The van der Waals surface area contributed by atoms with Crippen LogP contribution in [0.5, 0.6) is 0 Å². The van der Waals surface area contributed by atoms with Crippen molar-refractivity contribution >= 4 is 5.97 Å². The molecule has 0 bridgehead atoms. The minimum Gasteiger partial charge on any atom is -0.481 e. The fourth-order valence-electron chi connectivity index (χ4n) is 3.79. The van der Waals surface area contributed by atoms with E-state index in [0.717, 1.165) is 38.8 Å². The van der Waals surface area contributed by atoms with E-state index < -0.39 is 5.97 Å². The van der Waals surface area contributed by atoms with E-state index in [-0.39, 0.29) is 24.2 Å². The van der Waals surface area contributed by atoms with Crippen molar-refractivity contribution in [1.29, 1.82) is 0 Å². The molecule has 1 saturated heterocycles. The van der Waals surface area contributed by atoms with Crippen LogP contribution in [0.25, 0.3) is 0 Å². The van der Waals surface area contributed by atoms with Crippen molar-refractivity contribution in [2.24, 2.45) is 11.8 Å². The van der Waals surface area contributed by atoms with Gasteiger partial charge in [0.15, 0.2) is 0 Å². The van der Waals surface area contributed by atoms with Crippen LogP contribution in [0.15, 0.2) is 0 Å². The number of carboxylic acids is 1. The number of rotatable bonds is 5. The first-order valence-electron chi connectivity index (χ1n) is 7.63. The SMILES string of the molecule is CCC1CCC(C(=O)O)C(N2CC(OC)C(OC)C2)C1. The van der Waals surface area contributed by atoms with Crippen LogP contribution < -0.4 is 0 Å². The van der Waals surface area contributed by atoms with Crippen molar-refractivity contribution in [3.63, 3.8) is 0 Å². The van der Waals surface area contributed by atoms with Gasteiger partial charge < -0.3 is 14.6 Å². The van der Waals surface area contributed by atoms with Crippen molar-refractivity contribution in [2.45, 2.75) is 50.9 Å². The first-order valence-corrected chi connectivity index (χ1v) is 7.63. The van der Waals surface area contributed by atoms with Gasteiger partial charge in [0, 0.05) is 33.4 Å². The van der Waals surface area contributed by atoms with Gasteiger partial charge in [-0.25, -0.2) is 0 Å². The summed E-state index contributed by atoms with van der Waals surface area (Å²) >= 11 is 0. The molecular formula is C15H27NO4. The molecule has 0 amide bonds. The Morgan fingerprint density at radius 2 is 1.80 bits per heavy atom. The second-order valence-electron chi connectivity index (χ2n) is 6.10. The van der Waals surface area contributed by atoms with E-state index in [4.69, 9.17) is 9.47 Å². The summed E-state index contributed by atoms with van der Waals surface area (Å²) in [5, 5.41) is 9.48. The molecule has 5 heteroatoms. The maximum Gasteiger partial charge on any atom is 0.308 e. The highest BCUT2D eigenvalue weighted by molar-refractivity contribution is 5.71. The fourth-order valence-corrected chi connectivity index (χ4v) is 3.79. The number of carbonyl (C=O) groups is 1. The maximum absolute atomic E-state index is 11.5. The smallest absolute Gasteiger partial charge is 0.308 e. The third-order valence-corrected chi connectivity index (χ3v) is 5.14. The summed E-state index contributed by atoms with van der Waals surface area (Å²) < 4.78 is 10.9. The number of likely N-dealkylation sites (tertiary alicyclic amines) is 1. The lowest BCUT2D eigenvalue weighted by molar-refractivity contribution is -0.146. The van der Waals surface area contributed by atoms with Gasteiger partial charge in [-0.05, 0) is 25.2 Å². The Bertz CT molecular complexity index is 324. The van der Waals surface area contributed by atoms with Crippen LogP contribution in [-0.4, -0.2) is 61.5 Å². The Morgan fingerprint density at radius 3 is 2.25 bits per heavy atom. The van der Waals surface area contributed by atoms with E-state index in [1.165, 1.54) is 0 Å². The molecule has 0 radical (unpaired) electrons. The number of carboxylic acid groups (broad SMARTS) is 1. The predicted octanol–water partition coefficient (Wildman–Crippen LogP) is 1.61. The summed E-state index contributed by atoms with van der Waals surface area (Å²) in [4.78, 5) is 13.8. The molecule has 1 heterocycles. The van der Waals surface area contributed by atoms with Crippen molar-refractivity contribution in [1.82, 2.24) is 4.90 Å². The lowest BCUT2D eigenvalue weighted by Gasteiger charge is -2.39. The van der Waals surface area contributed by atoms with Crippen LogP contribution in [0.2, 0.25) is 0 Å². The van der Waals surface area contributed by atoms with Crippen LogP contribution in [0.4, 0.5) is 0 Å². The summed E-state index contributed by atoms with van der Waals surface area (Å²) in [6, 6.07) is 0.129. The molecule has 0 aromatic carbocycles. The van der Waals surface area contributed by atoms with Crippen molar-refractivity contribution in [3.8, 4) is 0 Å². The van der Waals surface area contributed by atoms with Gasteiger partial charge in [-0.15, -0.1) is 0 Å². The standard InChI is InChI=1S/C15H27NO4/c1-4-10-5-6-11(15(17)18)12(7-10)16-8-13(19-2)14(9-16)20-3/h10-14H,4-9H2,1-3H3,(H,17,18). The van der Waals surface area contributed by atoms with Crippen molar-refractivity contribution < 1.29 is 19.4 Å². The van der Waals surface area contributed by atoms with E-state index in [0.29, 0.717) is 5.92 Å². The zero-order chi connectivity index (χ0) is 14.7. The van der Waals surface area contributed by atoms with Crippen LogP contribution >= 0.6 is 0 Å². The van der Waals surface area contributed by atoms with Crippen LogP contribution in [0, 0.1) is 11.8 Å². The van der Waals surface area contributed by atoms with Gasteiger partial charge in [0.25, 0.3) is 0 Å². The number of aliphatic carboxylic acids is 1. The molecule has 2 aliphatic rings. The highest BCUT2D eigenvalue weighted by atomic mass is 16.5. The maximum atomic E-state index is 11.5. The molecule has 2 fully saturated rings. The minimum atomic E-state index is -0.653. The summed E-state index contributed by atoms with van der Waals surface area (Å²) in [6.07, 6.45) is 4.06. The molecule has 1 aliphatic heterocycles. The zero-order valence-electron chi connectivity index (χ0n) is 12.7. The Balaban J connectivity index is 2.08. The van der Waals surface area contributed by atoms with E-state index in [2.05, 4.69) is 11.8 Å². The molecule has 5 unspecified atom stereocenters. The topological polar surface area (TPSA) is 59.0 Å². The van der Waals surface area contributed by atoms with E-state index in [9.17, 15) is 9.90 Å². The van der Waals surface area contributed by atoms with E-state index >= 15 is 0 Å². The summed E-state index contributed by atoms with van der Waals surface area (Å²) in [6.45, 7) is 3.75. The number of methoxy groups -OCH3 is 2. The summed E-state index contributed by atoms with van der Waals surface area (Å²) in [5.74, 6) is -0.247. The fraction of sp³-hybridized carbons (Fsp3) is 0.933. The molecule has 0 aromatic rings. The predicted molar refractivity (Wildman–Crippen MR) is 75.7 cm³/mol. The number of nitrogens with zero attached hydrogens (tertiary/aromatic N) is 1. The number of hydrogen-bond donors (Lipinski definition) is 1. The van der Waals surface area contributed by atoms with E-state index in [1.54, 1.807) is 14.2 Å². The lowest BCUT2D eigenvalue weighted by Crippen LogP contribution is -2.46.